The maximum atomic E-state index is 12.3. The summed E-state index contributed by atoms with van der Waals surface area (Å²) in [6.07, 6.45) is 7.43. The zero-order valence-electron chi connectivity index (χ0n) is 15.7. The smallest absolute Gasteiger partial charge is 0.230 e. The quantitative estimate of drug-likeness (QED) is 0.479. The van der Waals surface area contributed by atoms with E-state index >= 15 is 0 Å². The van der Waals surface area contributed by atoms with Gasteiger partial charge in [-0.05, 0) is 48.6 Å². The first kappa shape index (κ1) is 19.1. The van der Waals surface area contributed by atoms with Crippen LogP contribution in [0.25, 0.3) is 21.5 Å². The molecule has 146 valence electrons. The largest absolute Gasteiger partial charge is 0.497 e. The summed E-state index contributed by atoms with van der Waals surface area (Å²) in [5.41, 5.74) is 2.63. The zero-order valence-corrected chi connectivity index (χ0v) is 17.3. The number of nitrogens with zero attached hydrogens (tertiary/aromatic N) is 3. The van der Waals surface area contributed by atoms with Gasteiger partial charge >= 0.3 is 0 Å². The van der Waals surface area contributed by atoms with Gasteiger partial charge in [0.2, 0.25) is 5.91 Å². The van der Waals surface area contributed by atoms with Gasteiger partial charge in [0.1, 0.15) is 33.0 Å². The molecule has 0 atom stereocenters. The fourth-order valence-corrected chi connectivity index (χ4v) is 5.16. The second-order valence-corrected chi connectivity index (χ2v) is 8.54. The molecule has 3 aromatic rings. The third-order valence-corrected chi connectivity index (χ3v) is 6.86. The molecule has 6 nitrogen and oxygen atoms in total. The Kier molecular flexibility index (Phi) is 6.07. The Morgan fingerprint density at radius 3 is 2.75 bits per heavy atom. The normalized spacial score (nSPS) is 14.9. The molecule has 0 unspecified atom stereocenters. The first-order chi connectivity index (χ1) is 13.7. The molecule has 0 spiro atoms. The lowest BCUT2D eigenvalue weighted by atomic mass is 9.95. The molecule has 1 aliphatic rings. The lowest BCUT2D eigenvalue weighted by Gasteiger charge is -2.22. The van der Waals surface area contributed by atoms with Crippen LogP contribution < -0.4 is 10.1 Å². The Labute approximate surface area is 172 Å². The highest BCUT2D eigenvalue weighted by molar-refractivity contribution is 8.00. The van der Waals surface area contributed by atoms with Crippen LogP contribution in [0.3, 0.4) is 0 Å². The van der Waals surface area contributed by atoms with E-state index in [0.29, 0.717) is 11.8 Å². The third kappa shape index (κ3) is 4.28. The minimum absolute atomic E-state index is 0.0727. The molecule has 1 N–H and O–H groups in total. The van der Waals surface area contributed by atoms with Crippen molar-refractivity contribution in [1.82, 2.24) is 19.7 Å². The highest BCUT2D eigenvalue weighted by Crippen LogP contribution is 2.34. The molecule has 8 heteroatoms. The predicted octanol–water partition coefficient (Wildman–Crippen LogP) is 4.30. The van der Waals surface area contributed by atoms with Crippen LogP contribution >= 0.6 is 23.3 Å². The van der Waals surface area contributed by atoms with Gasteiger partial charge in [0.15, 0.2) is 0 Å². The van der Waals surface area contributed by atoms with Crippen molar-refractivity contribution in [3.63, 3.8) is 0 Å². The number of carbonyl (C=O) groups is 1. The Balaban J connectivity index is 1.47. The Bertz CT molecular complexity index is 952. The molecule has 1 fully saturated rings. The van der Waals surface area contributed by atoms with Crippen molar-refractivity contribution < 1.29 is 9.53 Å². The SMILES string of the molecule is COc1ccc(-c2nsc3c(SCC(=O)NC4CCCCC4)ncnc23)cc1. The first-order valence-corrected chi connectivity index (χ1v) is 11.2. The number of hydrogen-bond acceptors (Lipinski definition) is 7. The highest BCUT2D eigenvalue weighted by atomic mass is 32.2. The molecule has 1 saturated carbocycles. The second-order valence-electron chi connectivity index (χ2n) is 6.81. The van der Waals surface area contributed by atoms with E-state index in [2.05, 4.69) is 19.7 Å². The van der Waals surface area contributed by atoms with Crippen molar-refractivity contribution >= 4 is 39.4 Å². The summed E-state index contributed by atoms with van der Waals surface area (Å²) in [5, 5.41) is 3.96. The number of nitrogens with one attached hydrogen (secondary N) is 1. The fraction of sp³-hybridized carbons (Fsp3) is 0.400. The van der Waals surface area contributed by atoms with Crippen LogP contribution in [0.2, 0.25) is 0 Å². The Morgan fingerprint density at radius 1 is 1.21 bits per heavy atom. The molecule has 1 aromatic carbocycles. The molecule has 0 saturated heterocycles. The van der Waals surface area contributed by atoms with Gasteiger partial charge in [-0.1, -0.05) is 31.0 Å². The second kappa shape index (κ2) is 8.87. The van der Waals surface area contributed by atoms with E-state index in [1.54, 1.807) is 13.4 Å². The third-order valence-electron chi connectivity index (χ3n) is 4.90. The fourth-order valence-electron chi connectivity index (χ4n) is 3.43. The number of hydrogen-bond donors (Lipinski definition) is 1. The molecule has 1 amide bonds. The number of rotatable bonds is 6. The summed E-state index contributed by atoms with van der Waals surface area (Å²) in [5.74, 6) is 1.24. The number of thioether (sulfide) groups is 1. The minimum atomic E-state index is 0.0727. The summed E-state index contributed by atoms with van der Waals surface area (Å²) < 4.78 is 10.7. The summed E-state index contributed by atoms with van der Waals surface area (Å²) in [6, 6.07) is 8.09. The number of aromatic nitrogens is 3. The van der Waals surface area contributed by atoms with Crippen molar-refractivity contribution in [2.24, 2.45) is 0 Å². The summed E-state index contributed by atoms with van der Waals surface area (Å²) in [6.45, 7) is 0. The van der Waals surface area contributed by atoms with Crippen molar-refractivity contribution in [3.8, 4) is 17.0 Å². The van der Waals surface area contributed by atoms with E-state index in [9.17, 15) is 4.79 Å². The van der Waals surface area contributed by atoms with Crippen molar-refractivity contribution in [2.45, 2.75) is 43.2 Å². The van der Waals surface area contributed by atoms with Crippen LogP contribution in [0.15, 0.2) is 35.6 Å². The monoisotopic (exact) mass is 414 g/mol. The zero-order chi connectivity index (χ0) is 19.3. The lowest BCUT2D eigenvalue weighted by molar-refractivity contribution is -0.119. The van der Waals surface area contributed by atoms with Crippen LogP contribution in [-0.4, -0.2) is 39.2 Å². The van der Waals surface area contributed by atoms with Crippen LogP contribution in [0, 0.1) is 0 Å². The van der Waals surface area contributed by atoms with Gasteiger partial charge in [-0.25, -0.2) is 9.97 Å². The summed E-state index contributed by atoms with van der Waals surface area (Å²) in [7, 11) is 1.65. The lowest BCUT2D eigenvalue weighted by Crippen LogP contribution is -2.37. The van der Waals surface area contributed by atoms with Gasteiger partial charge in [0.05, 0.1) is 12.9 Å². The average Bonchev–Trinajstić information content (AvgIpc) is 3.18. The van der Waals surface area contributed by atoms with Gasteiger partial charge < -0.3 is 10.1 Å². The van der Waals surface area contributed by atoms with Gasteiger partial charge in [-0.3, -0.25) is 4.79 Å². The number of fused-ring (bicyclic) bond motifs is 1. The average molecular weight is 415 g/mol. The van der Waals surface area contributed by atoms with E-state index in [1.807, 2.05) is 24.3 Å². The number of methoxy groups -OCH3 is 1. The first-order valence-electron chi connectivity index (χ1n) is 9.41. The van der Waals surface area contributed by atoms with E-state index < -0.39 is 0 Å². The topological polar surface area (TPSA) is 77.0 Å². The standard InChI is InChI=1S/C20H22N4O2S2/c1-26-15-9-7-13(8-10-15)17-18-19(28-24-17)20(22-12-21-18)27-11-16(25)23-14-5-3-2-4-6-14/h7-10,12,14H,2-6,11H2,1H3,(H,23,25). The molecule has 0 aliphatic heterocycles. The number of ether oxygens (including phenoxy) is 1. The Morgan fingerprint density at radius 2 is 2.00 bits per heavy atom. The van der Waals surface area contributed by atoms with Crippen molar-refractivity contribution in [1.29, 1.82) is 0 Å². The van der Waals surface area contributed by atoms with E-state index in [1.165, 1.54) is 42.6 Å². The van der Waals surface area contributed by atoms with Crippen LogP contribution in [0.4, 0.5) is 0 Å². The van der Waals surface area contributed by atoms with Crippen LogP contribution in [0.5, 0.6) is 5.75 Å². The van der Waals surface area contributed by atoms with Crippen LogP contribution in [-0.2, 0) is 4.79 Å². The molecule has 28 heavy (non-hydrogen) atoms. The minimum Gasteiger partial charge on any atom is -0.497 e. The number of benzene rings is 1. The van der Waals surface area contributed by atoms with Crippen molar-refractivity contribution in [3.05, 3.63) is 30.6 Å². The maximum absolute atomic E-state index is 12.3. The van der Waals surface area contributed by atoms with E-state index in [0.717, 1.165) is 45.1 Å². The van der Waals surface area contributed by atoms with Gasteiger partial charge in [0.25, 0.3) is 0 Å². The molecule has 4 rings (SSSR count). The molecular formula is C20H22N4O2S2. The van der Waals surface area contributed by atoms with Gasteiger partial charge in [-0.15, -0.1) is 0 Å². The predicted molar refractivity (Wildman–Crippen MR) is 113 cm³/mol. The van der Waals surface area contributed by atoms with Gasteiger partial charge in [-0.2, -0.15) is 4.37 Å². The van der Waals surface area contributed by atoms with Crippen LogP contribution in [0.1, 0.15) is 32.1 Å². The molecule has 1 aliphatic carbocycles. The van der Waals surface area contributed by atoms with Gasteiger partial charge in [0, 0.05) is 11.6 Å². The van der Waals surface area contributed by atoms with E-state index in [4.69, 9.17) is 4.74 Å². The molecule has 0 radical (unpaired) electrons. The summed E-state index contributed by atoms with van der Waals surface area (Å²) in [4.78, 5) is 21.1. The maximum Gasteiger partial charge on any atom is 0.230 e. The van der Waals surface area contributed by atoms with Crippen molar-refractivity contribution in [2.75, 3.05) is 12.9 Å². The molecule has 0 bridgehead atoms. The molecule has 2 aromatic heterocycles. The molecule has 2 heterocycles. The number of amides is 1. The Hall–Kier alpha value is -2.19. The molecular weight excluding hydrogens is 392 g/mol. The highest BCUT2D eigenvalue weighted by Gasteiger charge is 2.18. The summed E-state index contributed by atoms with van der Waals surface area (Å²) >= 11 is 2.82. The number of carbonyl (C=O) groups excluding carboxylic acids is 1. The van der Waals surface area contributed by atoms with E-state index in [-0.39, 0.29) is 5.91 Å².